The van der Waals surface area contributed by atoms with Gasteiger partial charge in [-0.15, -0.1) is 0 Å². The maximum absolute atomic E-state index is 15.4. The van der Waals surface area contributed by atoms with E-state index in [0.29, 0.717) is 31.3 Å². The minimum atomic E-state index is -1.18. The Labute approximate surface area is 177 Å². The summed E-state index contributed by atoms with van der Waals surface area (Å²) in [6, 6.07) is 0. The number of allylic oxidation sites excluding steroid dienone is 1. The number of alkyl halides is 1. The van der Waals surface area contributed by atoms with Gasteiger partial charge in [0.1, 0.15) is 12.8 Å². The number of ether oxygens (including phenoxy) is 1. The van der Waals surface area contributed by atoms with E-state index < -0.39 is 29.1 Å². The van der Waals surface area contributed by atoms with Crippen LogP contribution in [-0.4, -0.2) is 41.5 Å². The molecule has 0 bridgehead atoms. The molecule has 30 heavy (non-hydrogen) atoms. The highest BCUT2D eigenvalue weighted by Crippen LogP contribution is 2.68. The number of hydrogen-bond donors (Lipinski definition) is 1. The van der Waals surface area contributed by atoms with E-state index in [1.165, 1.54) is 13.0 Å². The molecule has 0 aliphatic heterocycles. The molecule has 4 rings (SSSR count). The molecular formula is C24H33FO5. The summed E-state index contributed by atoms with van der Waals surface area (Å²) in [5.41, 5.74) is -0.393. The highest BCUT2D eigenvalue weighted by atomic mass is 19.1. The summed E-state index contributed by atoms with van der Waals surface area (Å²) in [4.78, 5) is 36.2. The summed E-state index contributed by atoms with van der Waals surface area (Å²) in [6.45, 7) is 7.16. The predicted molar refractivity (Wildman–Crippen MR) is 108 cm³/mol. The first-order valence-corrected chi connectivity index (χ1v) is 11.2. The number of carbonyl (C=O) groups excluding carboxylic acids is 3. The number of hydrogen-bond acceptors (Lipinski definition) is 5. The molecule has 0 aromatic heterocycles. The van der Waals surface area contributed by atoms with Crippen molar-refractivity contribution >= 4 is 17.5 Å². The molecule has 0 saturated heterocycles. The normalized spacial score (nSPS) is 47.6. The van der Waals surface area contributed by atoms with Gasteiger partial charge in [-0.2, -0.15) is 0 Å². The Hall–Kier alpha value is -1.56. The maximum Gasteiger partial charge on any atom is 0.303 e. The lowest BCUT2D eigenvalue weighted by molar-refractivity contribution is -0.156. The summed E-state index contributed by atoms with van der Waals surface area (Å²) in [5.74, 6) is -0.833. The molecule has 166 valence electrons. The first-order chi connectivity index (χ1) is 14.0. The Kier molecular flexibility index (Phi) is 5.23. The molecule has 1 N–H and O–H groups in total. The second-order valence-corrected chi connectivity index (χ2v) is 10.7. The Morgan fingerprint density at radius 3 is 2.67 bits per heavy atom. The van der Waals surface area contributed by atoms with Crippen LogP contribution in [-0.2, 0) is 19.1 Å². The van der Waals surface area contributed by atoms with Crippen molar-refractivity contribution in [1.29, 1.82) is 0 Å². The molecule has 5 nitrogen and oxygen atoms in total. The van der Waals surface area contributed by atoms with Gasteiger partial charge >= 0.3 is 5.97 Å². The fourth-order valence-electron chi connectivity index (χ4n) is 8.01. The minimum Gasteiger partial charge on any atom is -0.458 e. The van der Waals surface area contributed by atoms with Gasteiger partial charge in [0.15, 0.2) is 11.6 Å². The molecule has 9 unspecified atom stereocenters. The van der Waals surface area contributed by atoms with Gasteiger partial charge in [0.05, 0.1) is 6.10 Å². The van der Waals surface area contributed by atoms with Crippen LogP contribution < -0.4 is 0 Å². The Morgan fingerprint density at radius 1 is 1.30 bits per heavy atom. The molecule has 0 aromatic rings. The number of fused-ring (bicyclic) bond motifs is 5. The fourth-order valence-corrected chi connectivity index (χ4v) is 8.01. The van der Waals surface area contributed by atoms with E-state index >= 15 is 4.39 Å². The Balaban J connectivity index is 1.68. The zero-order valence-electron chi connectivity index (χ0n) is 18.3. The summed E-state index contributed by atoms with van der Waals surface area (Å²) < 4.78 is 20.3. The van der Waals surface area contributed by atoms with Crippen LogP contribution in [0, 0.1) is 40.4 Å². The van der Waals surface area contributed by atoms with Gasteiger partial charge in [-0.1, -0.05) is 20.8 Å². The van der Waals surface area contributed by atoms with E-state index in [4.69, 9.17) is 4.74 Å². The second-order valence-electron chi connectivity index (χ2n) is 10.7. The van der Waals surface area contributed by atoms with Crippen LogP contribution in [0.2, 0.25) is 0 Å². The molecule has 0 spiro atoms. The van der Waals surface area contributed by atoms with E-state index in [1.807, 2.05) is 13.8 Å². The molecule has 3 saturated carbocycles. The van der Waals surface area contributed by atoms with Crippen LogP contribution in [0.1, 0.15) is 59.8 Å². The molecule has 0 aromatic carbocycles. The van der Waals surface area contributed by atoms with E-state index in [1.54, 1.807) is 0 Å². The number of aliphatic hydroxyl groups excluding tert-OH is 1. The van der Waals surface area contributed by atoms with Crippen LogP contribution in [0.3, 0.4) is 0 Å². The summed E-state index contributed by atoms with van der Waals surface area (Å²) >= 11 is 0. The van der Waals surface area contributed by atoms with Crippen molar-refractivity contribution in [2.45, 2.75) is 72.1 Å². The minimum absolute atomic E-state index is 0.0238. The van der Waals surface area contributed by atoms with E-state index in [-0.39, 0.29) is 47.8 Å². The highest BCUT2D eigenvalue weighted by Gasteiger charge is 2.65. The number of ketones is 2. The van der Waals surface area contributed by atoms with E-state index in [9.17, 15) is 19.5 Å². The van der Waals surface area contributed by atoms with Gasteiger partial charge < -0.3 is 9.84 Å². The SMILES string of the molecule is CC(=O)OCC(=O)C1C(C)CC2C3CC(F)C4=CC(=O)CCC4(C)C3C(O)CC21C. The standard InChI is InChI=1S/C24H33FO5/c1-12-7-16-15-9-18(25)17-8-14(27)5-6-23(17,3)22(15)19(28)10-24(16,4)21(12)20(29)11-30-13(2)26/h8,12,15-16,18-19,21-22,28H,5-7,9-11H2,1-4H3. The molecule has 0 radical (unpaired) electrons. The number of rotatable bonds is 3. The van der Waals surface area contributed by atoms with Crippen molar-refractivity contribution in [2.24, 2.45) is 40.4 Å². The quantitative estimate of drug-likeness (QED) is 0.708. The van der Waals surface area contributed by atoms with Crippen molar-refractivity contribution in [3.05, 3.63) is 11.6 Å². The molecular weight excluding hydrogens is 387 g/mol. The van der Waals surface area contributed by atoms with Crippen LogP contribution in [0.4, 0.5) is 4.39 Å². The molecule has 9 atom stereocenters. The van der Waals surface area contributed by atoms with E-state index in [2.05, 4.69) is 6.92 Å². The smallest absolute Gasteiger partial charge is 0.303 e. The maximum atomic E-state index is 15.4. The lowest BCUT2D eigenvalue weighted by atomic mass is 9.45. The first kappa shape index (κ1) is 21.7. The Morgan fingerprint density at radius 2 is 2.00 bits per heavy atom. The molecule has 4 aliphatic rings. The van der Waals surface area contributed by atoms with Crippen LogP contribution in [0.5, 0.6) is 0 Å². The summed E-state index contributed by atoms with van der Waals surface area (Å²) in [7, 11) is 0. The van der Waals surface area contributed by atoms with Crippen molar-refractivity contribution in [2.75, 3.05) is 6.61 Å². The van der Waals surface area contributed by atoms with Crippen molar-refractivity contribution in [3.8, 4) is 0 Å². The molecule has 0 heterocycles. The monoisotopic (exact) mass is 420 g/mol. The lowest BCUT2D eigenvalue weighted by Crippen LogP contribution is -2.59. The average Bonchev–Trinajstić information content (AvgIpc) is 2.91. The highest BCUT2D eigenvalue weighted by molar-refractivity contribution is 5.92. The fraction of sp³-hybridized carbons (Fsp3) is 0.792. The largest absolute Gasteiger partial charge is 0.458 e. The summed E-state index contributed by atoms with van der Waals surface area (Å²) in [5, 5.41) is 11.3. The van der Waals surface area contributed by atoms with E-state index in [0.717, 1.165) is 6.42 Å². The van der Waals surface area contributed by atoms with Crippen molar-refractivity contribution < 1.29 is 28.6 Å². The average molecular weight is 421 g/mol. The van der Waals surface area contributed by atoms with Crippen molar-refractivity contribution in [1.82, 2.24) is 0 Å². The number of carbonyl (C=O) groups is 3. The van der Waals surface area contributed by atoms with Crippen LogP contribution in [0.25, 0.3) is 0 Å². The summed E-state index contributed by atoms with van der Waals surface area (Å²) in [6.07, 6.45) is 2.21. The molecule has 3 fully saturated rings. The third-order valence-corrected chi connectivity index (χ3v) is 8.98. The number of esters is 1. The topological polar surface area (TPSA) is 80.7 Å². The Bertz CT molecular complexity index is 805. The number of halogens is 1. The molecule has 6 heteroatoms. The number of Topliss-reactive ketones (excluding diaryl/α,β-unsaturated/α-hetero) is 1. The number of aliphatic hydroxyl groups is 1. The van der Waals surface area contributed by atoms with Gasteiger partial charge in [0.25, 0.3) is 0 Å². The van der Waals surface area contributed by atoms with Gasteiger partial charge in [-0.3, -0.25) is 14.4 Å². The lowest BCUT2D eigenvalue weighted by Gasteiger charge is -2.60. The third kappa shape index (κ3) is 3.09. The van der Waals surface area contributed by atoms with Crippen LogP contribution in [0.15, 0.2) is 11.6 Å². The molecule has 0 amide bonds. The van der Waals surface area contributed by atoms with Gasteiger partial charge in [0, 0.05) is 19.3 Å². The zero-order chi connectivity index (χ0) is 22.0. The first-order valence-electron chi connectivity index (χ1n) is 11.2. The predicted octanol–water partition coefficient (Wildman–Crippen LogP) is 3.43. The second kappa shape index (κ2) is 7.25. The van der Waals surface area contributed by atoms with Gasteiger partial charge in [0.2, 0.25) is 0 Å². The van der Waals surface area contributed by atoms with Crippen LogP contribution >= 0.6 is 0 Å². The third-order valence-electron chi connectivity index (χ3n) is 8.98. The molecule has 4 aliphatic carbocycles. The van der Waals surface area contributed by atoms with Gasteiger partial charge in [-0.05, 0) is 71.8 Å². The zero-order valence-corrected chi connectivity index (χ0v) is 18.3. The van der Waals surface area contributed by atoms with Gasteiger partial charge in [-0.25, -0.2) is 4.39 Å². The van der Waals surface area contributed by atoms with Crippen molar-refractivity contribution in [3.63, 3.8) is 0 Å².